The van der Waals surface area contributed by atoms with Crippen molar-refractivity contribution in [1.29, 1.82) is 0 Å². The average Bonchev–Trinajstić information content (AvgIpc) is 3.46. The molecule has 0 aliphatic carbocycles. The minimum Gasteiger partial charge on any atom is -0.466 e. The SMILES string of the molecule is CCCCCCCCCCCCCCCCCCCCCC/C=C/C(O)C(CO)NC(=O)CCCCCCCCCCCCCCCCCCCCCCCCCOC(=O)CCCCCCCCCCCCCCCCCCCC. The molecule has 0 aromatic heterocycles. The van der Waals surface area contributed by atoms with Crippen molar-refractivity contribution in [3.05, 3.63) is 12.2 Å². The Balaban J connectivity index is 3.38. The van der Waals surface area contributed by atoms with Crippen LogP contribution < -0.4 is 5.32 Å². The highest BCUT2D eigenvalue weighted by molar-refractivity contribution is 5.76. The first-order valence-electron chi connectivity index (χ1n) is 37.0. The second kappa shape index (κ2) is 70.1. The molecule has 0 aromatic rings. The highest BCUT2D eigenvalue weighted by atomic mass is 16.5. The zero-order chi connectivity index (χ0) is 57.8. The molecule has 0 aliphatic heterocycles. The Labute approximate surface area is 501 Å². The minimum atomic E-state index is -0.845. The van der Waals surface area contributed by atoms with E-state index in [2.05, 4.69) is 19.2 Å². The molecule has 0 saturated carbocycles. The van der Waals surface area contributed by atoms with Gasteiger partial charge in [-0.15, -0.1) is 0 Å². The molecule has 0 spiro atoms. The summed E-state index contributed by atoms with van der Waals surface area (Å²) in [6.07, 6.45) is 87.3. The lowest BCUT2D eigenvalue weighted by molar-refractivity contribution is -0.143. The fraction of sp³-hybridized carbons (Fsp3) is 0.946. The maximum atomic E-state index is 12.5. The average molecular weight is 1130 g/mol. The number of aliphatic hydroxyl groups excluding tert-OH is 2. The number of ether oxygens (including phenoxy) is 1. The Morgan fingerprint density at radius 2 is 0.575 bits per heavy atom. The quantitative estimate of drug-likeness (QED) is 0.0320. The van der Waals surface area contributed by atoms with Crippen molar-refractivity contribution >= 4 is 11.9 Å². The lowest BCUT2D eigenvalue weighted by Crippen LogP contribution is -2.45. The highest BCUT2D eigenvalue weighted by Crippen LogP contribution is 2.20. The summed E-state index contributed by atoms with van der Waals surface area (Å²) < 4.78 is 5.51. The summed E-state index contributed by atoms with van der Waals surface area (Å²) >= 11 is 0. The van der Waals surface area contributed by atoms with E-state index in [0.717, 1.165) is 38.5 Å². The molecule has 2 unspecified atom stereocenters. The van der Waals surface area contributed by atoms with E-state index in [1.165, 1.54) is 360 Å². The lowest BCUT2D eigenvalue weighted by atomic mass is 10.0. The van der Waals surface area contributed by atoms with Crippen LogP contribution in [0.1, 0.15) is 425 Å². The molecule has 0 aromatic carbocycles. The van der Waals surface area contributed by atoms with E-state index < -0.39 is 12.1 Å². The van der Waals surface area contributed by atoms with E-state index >= 15 is 0 Å². The third-order valence-corrected chi connectivity index (χ3v) is 17.6. The van der Waals surface area contributed by atoms with E-state index in [1.807, 2.05) is 6.08 Å². The van der Waals surface area contributed by atoms with Gasteiger partial charge in [0.2, 0.25) is 5.91 Å². The summed E-state index contributed by atoms with van der Waals surface area (Å²) in [5.74, 6) is -0.0427. The number of hydrogen-bond acceptors (Lipinski definition) is 5. The number of carbonyl (C=O) groups excluding carboxylic acids is 2. The fourth-order valence-electron chi connectivity index (χ4n) is 11.9. The van der Waals surface area contributed by atoms with Gasteiger partial charge in [-0.3, -0.25) is 9.59 Å². The van der Waals surface area contributed by atoms with E-state index in [-0.39, 0.29) is 18.5 Å². The van der Waals surface area contributed by atoms with Gasteiger partial charge in [-0.1, -0.05) is 392 Å². The molecule has 0 bridgehead atoms. The number of esters is 1. The number of amides is 1. The first kappa shape index (κ1) is 78.6. The van der Waals surface area contributed by atoms with Crippen LogP contribution in [0.5, 0.6) is 0 Å². The van der Waals surface area contributed by atoms with E-state index in [0.29, 0.717) is 19.4 Å². The first-order valence-corrected chi connectivity index (χ1v) is 37.0. The van der Waals surface area contributed by atoms with Crippen molar-refractivity contribution in [3.8, 4) is 0 Å². The molecule has 2 atom stereocenters. The van der Waals surface area contributed by atoms with Crippen LogP contribution in [0.4, 0.5) is 0 Å². The molecule has 0 saturated heterocycles. The number of carbonyl (C=O) groups is 2. The van der Waals surface area contributed by atoms with Crippen molar-refractivity contribution in [2.45, 2.75) is 437 Å². The molecule has 1 amide bonds. The molecule has 6 heteroatoms. The van der Waals surface area contributed by atoms with Gasteiger partial charge in [-0.05, 0) is 32.1 Å². The predicted octanol–water partition coefficient (Wildman–Crippen LogP) is 23.9. The highest BCUT2D eigenvalue weighted by Gasteiger charge is 2.18. The third-order valence-electron chi connectivity index (χ3n) is 17.6. The molecule has 6 nitrogen and oxygen atoms in total. The summed E-state index contributed by atoms with van der Waals surface area (Å²) in [5.41, 5.74) is 0. The van der Waals surface area contributed by atoms with Gasteiger partial charge < -0.3 is 20.3 Å². The summed E-state index contributed by atoms with van der Waals surface area (Å²) in [6, 6.07) is -0.628. The molecule has 476 valence electrons. The summed E-state index contributed by atoms with van der Waals surface area (Å²) in [4.78, 5) is 24.7. The van der Waals surface area contributed by atoms with Crippen LogP contribution in [-0.4, -0.2) is 47.4 Å². The third kappa shape index (κ3) is 65.7. The van der Waals surface area contributed by atoms with Gasteiger partial charge in [0.25, 0.3) is 0 Å². The Morgan fingerprint density at radius 1 is 0.338 bits per heavy atom. The van der Waals surface area contributed by atoms with Crippen molar-refractivity contribution in [2.24, 2.45) is 0 Å². The number of allylic oxidation sites excluding steroid dienone is 1. The Morgan fingerprint density at radius 3 is 0.850 bits per heavy atom. The van der Waals surface area contributed by atoms with Gasteiger partial charge in [-0.2, -0.15) is 0 Å². The van der Waals surface area contributed by atoms with E-state index in [4.69, 9.17) is 4.74 Å². The first-order chi connectivity index (χ1) is 39.5. The van der Waals surface area contributed by atoms with Gasteiger partial charge >= 0.3 is 5.97 Å². The number of nitrogens with one attached hydrogen (secondary N) is 1. The summed E-state index contributed by atoms with van der Waals surface area (Å²) in [5, 5.41) is 23.3. The van der Waals surface area contributed by atoms with E-state index in [9.17, 15) is 19.8 Å². The topological polar surface area (TPSA) is 95.9 Å². The van der Waals surface area contributed by atoms with Crippen LogP contribution in [0.15, 0.2) is 12.2 Å². The predicted molar refractivity (Wildman–Crippen MR) is 352 cm³/mol. The van der Waals surface area contributed by atoms with Gasteiger partial charge in [0.1, 0.15) is 0 Å². The maximum Gasteiger partial charge on any atom is 0.305 e. The second-order valence-electron chi connectivity index (χ2n) is 25.6. The number of rotatable bonds is 70. The lowest BCUT2D eigenvalue weighted by Gasteiger charge is -2.20. The summed E-state index contributed by atoms with van der Waals surface area (Å²) in [6.45, 7) is 4.96. The van der Waals surface area contributed by atoms with Gasteiger partial charge in [0.05, 0.1) is 25.4 Å². The van der Waals surface area contributed by atoms with Crippen LogP contribution in [0.3, 0.4) is 0 Å². The Bertz CT molecular complexity index is 1210. The van der Waals surface area contributed by atoms with E-state index in [1.54, 1.807) is 6.08 Å². The maximum absolute atomic E-state index is 12.5. The van der Waals surface area contributed by atoms with Crippen LogP contribution in [0, 0.1) is 0 Å². The molecule has 80 heavy (non-hydrogen) atoms. The van der Waals surface area contributed by atoms with Gasteiger partial charge in [0.15, 0.2) is 0 Å². The Kier molecular flexibility index (Phi) is 68.9. The van der Waals surface area contributed by atoms with Crippen LogP contribution in [-0.2, 0) is 14.3 Å². The fourth-order valence-corrected chi connectivity index (χ4v) is 11.9. The normalized spacial score (nSPS) is 12.5. The Hall–Kier alpha value is -1.40. The van der Waals surface area contributed by atoms with Crippen LogP contribution in [0.2, 0.25) is 0 Å². The molecule has 0 fully saturated rings. The second-order valence-corrected chi connectivity index (χ2v) is 25.6. The zero-order valence-electron chi connectivity index (χ0n) is 54.6. The smallest absolute Gasteiger partial charge is 0.305 e. The molecular weight excluding hydrogens is 983 g/mol. The monoisotopic (exact) mass is 1130 g/mol. The van der Waals surface area contributed by atoms with Crippen molar-refractivity contribution in [1.82, 2.24) is 5.32 Å². The molecular formula is C74H145NO5. The van der Waals surface area contributed by atoms with Crippen LogP contribution in [0.25, 0.3) is 0 Å². The molecule has 0 rings (SSSR count). The van der Waals surface area contributed by atoms with Crippen molar-refractivity contribution in [2.75, 3.05) is 13.2 Å². The number of unbranched alkanes of at least 4 members (excludes halogenated alkanes) is 59. The molecule has 0 aliphatic rings. The number of hydrogen-bond donors (Lipinski definition) is 3. The molecule has 3 N–H and O–H groups in total. The number of aliphatic hydroxyl groups is 2. The standard InChI is InChI=1S/C74H145NO5/c1-3-5-7-9-11-13-15-17-19-21-23-24-28-31-34-38-42-46-50-54-58-62-66-72(77)71(70-76)75-73(78)67-63-59-55-51-47-43-39-35-32-29-26-25-27-30-33-37-41-45-49-53-57-61-65-69-80-74(79)68-64-60-56-52-48-44-40-36-22-20-18-16-14-12-10-8-6-4-2/h62,66,71-72,76-77H,3-61,63-65,67-70H2,1-2H3,(H,75,78)/b66-62+. The van der Waals surface area contributed by atoms with Crippen molar-refractivity contribution in [3.63, 3.8) is 0 Å². The zero-order valence-corrected chi connectivity index (χ0v) is 54.6. The largest absolute Gasteiger partial charge is 0.466 e. The van der Waals surface area contributed by atoms with Crippen molar-refractivity contribution < 1.29 is 24.5 Å². The summed E-state index contributed by atoms with van der Waals surface area (Å²) in [7, 11) is 0. The molecule has 0 radical (unpaired) electrons. The van der Waals surface area contributed by atoms with Gasteiger partial charge in [-0.25, -0.2) is 0 Å². The van der Waals surface area contributed by atoms with Gasteiger partial charge in [0, 0.05) is 12.8 Å². The molecule has 0 heterocycles. The minimum absolute atomic E-state index is 0.0196. The van der Waals surface area contributed by atoms with Crippen LogP contribution >= 0.6 is 0 Å².